The Bertz CT molecular complexity index is 406. The minimum atomic E-state index is 0.280. The summed E-state index contributed by atoms with van der Waals surface area (Å²) in [4.78, 5) is 17.5. The number of amides is 1. The van der Waals surface area contributed by atoms with Gasteiger partial charge in [0.05, 0.1) is 6.61 Å². The third-order valence-corrected chi connectivity index (χ3v) is 6.41. The second-order valence-corrected chi connectivity index (χ2v) is 8.18. The molecule has 3 fully saturated rings. The molecule has 1 amide bonds. The fourth-order valence-electron chi connectivity index (χ4n) is 5.04. The Morgan fingerprint density at radius 1 is 1.23 bits per heavy atom. The summed E-state index contributed by atoms with van der Waals surface area (Å²) in [6.45, 7) is 7.28. The van der Waals surface area contributed by atoms with Gasteiger partial charge in [0.2, 0.25) is 5.91 Å². The molecule has 1 spiro atoms. The van der Waals surface area contributed by atoms with Crippen LogP contribution in [0.2, 0.25) is 0 Å². The molecule has 1 saturated carbocycles. The number of carbonyl (C=O) groups excluding carboxylic acids is 1. The summed E-state index contributed by atoms with van der Waals surface area (Å²) >= 11 is 0. The molecule has 0 bridgehead atoms. The number of carbonyl (C=O) groups is 1. The lowest BCUT2D eigenvalue weighted by Gasteiger charge is -2.32. The Balaban J connectivity index is 1.62. The van der Waals surface area contributed by atoms with Crippen molar-refractivity contribution in [3.63, 3.8) is 0 Å². The molecule has 3 rings (SSSR count). The first-order chi connectivity index (χ1) is 10.5. The van der Waals surface area contributed by atoms with Gasteiger partial charge in [0.15, 0.2) is 0 Å². The Morgan fingerprint density at radius 3 is 2.64 bits per heavy atom. The van der Waals surface area contributed by atoms with Crippen LogP contribution in [0.1, 0.15) is 39.0 Å². The number of hydrogen-bond donors (Lipinski definition) is 0. The van der Waals surface area contributed by atoms with Gasteiger partial charge in [0.25, 0.3) is 0 Å². The molecule has 0 aromatic carbocycles. The van der Waals surface area contributed by atoms with Crippen LogP contribution in [-0.4, -0.2) is 62.7 Å². The Kier molecular flexibility index (Phi) is 4.79. The number of methoxy groups -OCH3 is 1. The average Bonchev–Trinajstić information content (AvgIpc) is 3.04. The van der Waals surface area contributed by atoms with Crippen molar-refractivity contribution in [2.45, 2.75) is 39.0 Å². The Morgan fingerprint density at radius 2 is 1.95 bits per heavy atom. The van der Waals surface area contributed by atoms with Gasteiger partial charge in [-0.25, -0.2) is 0 Å². The van der Waals surface area contributed by atoms with Crippen molar-refractivity contribution in [2.24, 2.45) is 23.2 Å². The van der Waals surface area contributed by atoms with Crippen LogP contribution >= 0.6 is 0 Å². The third kappa shape index (κ3) is 3.05. The lowest BCUT2D eigenvalue weighted by Crippen LogP contribution is -2.40. The quantitative estimate of drug-likeness (QED) is 0.801. The predicted octanol–water partition coefficient (Wildman–Crippen LogP) is 2.24. The van der Waals surface area contributed by atoms with Crippen LogP contribution in [0.25, 0.3) is 0 Å². The summed E-state index contributed by atoms with van der Waals surface area (Å²) in [6, 6.07) is 0. The van der Waals surface area contributed by atoms with E-state index >= 15 is 0 Å². The van der Waals surface area contributed by atoms with E-state index in [0.717, 1.165) is 58.0 Å². The molecule has 2 saturated heterocycles. The van der Waals surface area contributed by atoms with E-state index in [2.05, 4.69) is 23.8 Å². The van der Waals surface area contributed by atoms with Crippen LogP contribution in [0, 0.1) is 23.2 Å². The number of likely N-dealkylation sites (tertiary alicyclic amines) is 2. The fourth-order valence-corrected chi connectivity index (χ4v) is 5.04. The molecule has 0 unspecified atom stereocenters. The molecule has 4 heteroatoms. The number of rotatable bonds is 3. The van der Waals surface area contributed by atoms with E-state index in [0.29, 0.717) is 17.7 Å². The summed E-state index contributed by atoms with van der Waals surface area (Å²) in [5, 5.41) is 0. The summed E-state index contributed by atoms with van der Waals surface area (Å²) in [5.74, 6) is 2.12. The highest BCUT2D eigenvalue weighted by Crippen LogP contribution is 2.44. The molecule has 4 nitrogen and oxygen atoms in total. The van der Waals surface area contributed by atoms with Gasteiger partial charge < -0.3 is 14.5 Å². The average molecular weight is 308 g/mol. The van der Waals surface area contributed by atoms with E-state index in [-0.39, 0.29) is 5.41 Å². The second-order valence-electron chi connectivity index (χ2n) is 8.18. The zero-order valence-corrected chi connectivity index (χ0v) is 14.5. The van der Waals surface area contributed by atoms with Crippen LogP contribution in [0.15, 0.2) is 0 Å². The first-order valence-electron chi connectivity index (χ1n) is 9.00. The lowest BCUT2D eigenvalue weighted by atomic mass is 9.77. The molecular weight excluding hydrogens is 276 g/mol. The van der Waals surface area contributed by atoms with Crippen molar-refractivity contribution in [1.29, 1.82) is 0 Å². The number of hydrogen-bond acceptors (Lipinski definition) is 3. The molecule has 1 aliphatic carbocycles. The van der Waals surface area contributed by atoms with Crippen LogP contribution < -0.4 is 0 Å². The largest absolute Gasteiger partial charge is 0.384 e. The number of ether oxygens (including phenoxy) is 1. The highest BCUT2D eigenvalue weighted by Gasteiger charge is 2.50. The standard InChI is InChI=1S/C18H32N2O2/c1-14-4-6-15(7-5-14)17(21)20-9-8-18(13-20)12-19(2)10-16(18)11-22-3/h14-16H,4-13H2,1-3H3/t14?,15?,16-,18-/m1/s1. The Labute approximate surface area is 135 Å². The van der Waals surface area contributed by atoms with Gasteiger partial charge in [-0.2, -0.15) is 0 Å². The zero-order chi connectivity index (χ0) is 15.7. The van der Waals surface area contributed by atoms with Gasteiger partial charge >= 0.3 is 0 Å². The summed E-state index contributed by atoms with van der Waals surface area (Å²) in [5.41, 5.74) is 0.280. The first kappa shape index (κ1) is 16.3. The first-order valence-corrected chi connectivity index (χ1v) is 9.00. The van der Waals surface area contributed by atoms with Crippen molar-refractivity contribution in [2.75, 3.05) is 46.9 Å². The third-order valence-electron chi connectivity index (χ3n) is 6.41. The van der Waals surface area contributed by atoms with E-state index in [9.17, 15) is 4.79 Å². The summed E-state index contributed by atoms with van der Waals surface area (Å²) in [6.07, 6.45) is 5.81. The van der Waals surface area contributed by atoms with Crippen LogP contribution in [0.5, 0.6) is 0 Å². The van der Waals surface area contributed by atoms with Crippen molar-refractivity contribution in [3.05, 3.63) is 0 Å². The van der Waals surface area contributed by atoms with Gasteiger partial charge in [-0.05, 0) is 45.1 Å². The molecule has 22 heavy (non-hydrogen) atoms. The molecule has 3 aliphatic rings. The number of nitrogens with zero attached hydrogens (tertiary/aromatic N) is 2. The summed E-state index contributed by atoms with van der Waals surface area (Å²) in [7, 11) is 4.00. The maximum absolute atomic E-state index is 12.9. The molecule has 0 aromatic rings. The molecule has 2 atom stereocenters. The highest BCUT2D eigenvalue weighted by atomic mass is 16.5. The molecule has 2 aliphatic heterocycles. The fraction of sp³-hybridized carbons (Fsp3) is 0.944. The second kappa shape index (κ2) is 6.48. The SMILES string of the molecule is COC[C@H]1CN(C)C[C@@]12CCN(C(=O)C1CCC(C)CC1)C2. The minimum Gasteiger partial charge on any atom is -0.384 e. The smallest absolute Gasteiger partial charge is 0.225 e. The highest BCUT2D eigenvalue weighted by molar-refractivity contribution is 5.79. The molecule has 0 radical (unpaired) electrons. The van der Waals surface area contributed by atoms with Crippen molar-refractivity contribution in [1.82, 2.24) is 9.80 Å². The van der Waals surface area contributed by atoms with Gasteiger partial charge in [-0.15, -0.1) is 0 Å². The van der Waals surface area contributed by atoms with E-state index < -0.39 is 0 Å². The molecule has 126 valence electrons. The van der Waals surface area contributed by atoms with E-state index in [1.54, 1.807) is 7.11 Å². The van der Waals surface area contributed by atoms with Crippen molar-refractivity contribution < 1.29 is 9.53 Å². The normalized spacial score (nSPS) is 39.8. The van der Waals surface area contributed by atoms with Gasteiger partial charge in [-0.3, -0.25) is 4.79 Å². The predicted molar refractivity (Wildman–Crippen MR) is 87.6 cm³/mol. The maximum Gasteiger partial charge on any atom is 0.225 e. The van der Waals surface area contributed by atoms with Gasteiger partial charge in [0, 0.05) is 50.5 Å². The Hall–Kier alpha value is -0.610. The van der Waals surface area contributed by atoms with Crippen LogP contribution in [0.3, 0.4) is 0 Å². The molecule has 0 aromatic heterocycles. The van der Waals surface area contributed by atoms with E-state index in [1.807, 2.05) is 0 Å². The topological polar surface area (TPSA) is 32.8 Å². The van der Waals surface area contributed by atoms with E-state index in [1.165, 1.54) is 12.8 Å². The lowest BCUT2D eigenvalue weighted by molar-refractivity contribution is -0.136. The summed E-state index contributed by atoms with van der Waals surface area (Å²) < 4.78 is 5.45. The maximum atomic E-state index is 12.9. The molecule has 2 heterocycles. The minimum absolute atomic E-state index is 0.280. The van der Waals surface area contributed by atoms with E-state index in [4.69, 9.17) is 4.74 Å². The van der Waals surface area contributed by atoms with Gasteiger partial charge in [0.1, 0.15) is 0 Å². The van der Waals surface area contributed by atoms with Crippen molar-refractivity contribution in [3.8, 4) is 0 Å². The monoisotopic (exact) mass is 308 g/mol. The van der Waals surface area contributed by atoms with Crippen LogP contribution in [0.4, 0.5) is 0 Å². The molecule has 0 N–H and O–H groups in total. The van der Waals surface area contributed by atoms with Gasteiger partial charge in [-0.1, -0.05) is 6.92 Å². The van der Waals surface area contributed by atoms with Crippen molar-refractivity contribution >= 4 is 5.91 Å². The molecular formula is C18H32N2O2. The van der Waals surface area contributed by atoms with Crippen LogP contribution in [-0.2, 0) is 9.53 Å². The zero-order valence-electron chi connectivity index (χ0n) is 14.5.